The van der Waals surface area contributed by atoms with Gasteiger partial charge in [-0.15, -0.1) is 0 Å². The summed E-state index contributed by atoms with van der Waals surface area (Å²) in [7, 11) is 1.92. The first-order valence-corrected chi connectivity index (χ1v) is 5.98. The number of aryl methyl sites for hydroxylation is 1. The summed E-state index contributed by atoms with van der Waals surface area (Å²) in [6.45, 7) is 3.29. The predicted octanol–water partition coefficient (Wildman–Crippen LogP) is 0.793. The SMILES string of the molecule is Cc1nn(-c2cncnc2)cc1N(C)C1=NCCO1. The van der Waals surface area contributed by atoms with Crippen molar-refractivity contribution < 1.29 is 4.74 Å². The Morgan fingerprint density at radius 2 is 2.11 bits per heavy atom. The maximum Gasteiger partial charge on any atom is 0.291 e. The van der Waals surface area contributed by atoms with Gasteiger partial charge in [-0.1, -0.05) is 0 Å². The minimum absolute atomic E-state index is 0.631. The van der Waals surface area contributed by atoms with E-state index in [1.54, 1.807) is 17.1 Å². The zero-order chi connectivity index (χ0) is 13.2. The number of hydrogen-bond acceptors (Lipinski definition) is 6. The molecule has 0 aliphatic carbocycles. The molecule has 98 valence electrons. The van der Waals surface area contributed by atoms with Crippen LogP contribution in [0.1, 0.15) is 5.69 Å². The first-order chi connectivity index (χ1) is 9.25. The summed E-state index contributed by atoms with van der Waals surface area (Å²) in [5.74, 6) is 0. The molecule has 0 saturated heterocycles. The lowest BCUT2D eigenvalue weighted by Gasteiger charge is -2.16. The van der Waals surface area contributed by atoms with E-state index in [1.165, 1.54) is 6.33 Å². The molecule has 0 unspecified atom stereocenters. The molecule has 3 rings (SSSR count). The molecule has 7 nitrogen and oxygen atoms in total. The number of rotatable bonds is 2. The molecule has 3 heterocycles. The summed E-state index contributed by atoms with van der Waals surface area (Å²) < 4.78 is 7.20. The van der Waals surface area contributed by atoms with Gasteiger partial charge in [-0.25, -0.2) is 19.6 Å². The third kappa shape index (κ3) is 2.14. The van der Waals surface area contributed by atoms with E-state index >= 15 is 0 Å². The summed E-state index contributed by atoms with van der Waals surface area (Å²) >= 11 is 0. The van der Waals surface area contributed by atoms with Crippen molar-refractivity contribution in [2.75, 3.05) is 25.1 Å². The van der Waals surface area contributed by atoms with Gasteiger partial charge >= 0.3 is 0 Å². The highest BCUT2D eigenvalue weighted by Gasteiger charge is 2.18. The molecule has 7 heteroatoms. The third-order valence-corrected chi connectivity index (χ3v) is 2.90. The minimum Gasteiger partial charge on any atom is -0.463 e. The number of hydrogen-bond donors (Lipinski definition) is 0. The first-order valence-electron chi connectivity index (χ1n) is 5.98. The molecule has 0 radical (unpaired) electrons. The lowest BCUT2D eigenvalue weighted by Crippen LogP contribution is -2.26. The van der Waals surface area contributed by atoms with Crippen molar-refractivity contribution in [1.82, 2.24) is 19.7 Å². The van der Waals surface area contributed by atoms with Crippen LogP contribution in [0.15, 0.2) is 29.9 Å². The Bertz CT molecular complexity index is 606. The van der Waals surface area contributed by atoms with Crippen LogP contribution in [0.3, 0.4) is 0 Å². The summed E-state index contributed by atoms with van der Waals surface area (Å²) in [4.78, 5) is 14.2. The van der Waals surface area contributed by atoms with Crippen LogP contribution in [-0.2, 0) is 4.74 Å². The van der Waals surface area contributed by atoms with Crippen LogP contribution >= 0.6 is 0 Å². The second-order valence-corrected chi connectivity index (χ2v) is 4.21. The summed E-state index contributed by atoms with van der Waals surface area (Å²) in [5, 5.41) is 4.46. The molecule has 0 atom stereocenters. The largest absolute Gasteiger partial charge is 0.463 e. The maximum absolute atomic E-state index is 5.45. The summed E-state index contributed by atoms with van der Waals surface area (Å²) in [6.07, 6.45) is 6.84. The molecule has 1 aliphatic heterocycles. The molecule has 0 bridgehead atoms. The van der Waals surface area contributed by atoms with Crippen molar-refractivity contribution in [2.24, 2.45) is 4.99 Å². The van der Waals surface area contributed by atoms with Crippen LogP contribution in [0.25, 0.3) is 5.69 Å². The Balaban J connectivity index is 1.93. The highest BCUT2D eigenvalue weighted by Crippen LogP contribution is 2.20. The van der Waals surface area contributed by atoms with Crippen molar-refractivity contribution >= 4 is 11.7 Å². The number of aromatic nitrogens is 4. The van der Waals surface area contributed by atoms with E-state index in [2.05, 4.69) is 20.1 Å². The van der Waals surface area contributed by atoms with Gasteiger partial charge in [0.1, 0.15) is 18.6 Å². The fourth-order valence-corrected chi connectivity index (χ4v) is 1.95. The number of anilines is 1. The molecular formula is C12H14N6O. The van der Waals surface area contributed by atoms with Gasteiger partial charge in [0.2, 0.25) is 0 Å². The molecule has 2 aromatic heterocycles. The average molecular weight is 258 g/mol. The van der Waals surface area contributed by atoms with Gasteiger partial charge in [0, 0.05) is 7.05 Å². The van der Waals surface area contributed by atoms with Crippen molar-refractivity contribution in [3.8, 4) is 5.69 Å². The van der Waals surface area contributed by atoms with Crippen molar-refractivity contribution in [3.63, 3.8) is 0 Å². The van der Waals surface area contributed by atoms with Gasteiger partial charge in [-0.05, 0) is 6.92 Å². The van der Waals surface area contributed by atoms with Gasteiger partial charge in [-0.2, -0.15) is 5.10 Å². The van der Waals surface area contributed by atoms with Crippen LogP contribution < -0.4 is 4.90 Å². The van der Waals surface area contributed by atoms with Crippen LogP contribution in [-0.4, -0.2) is 46.0 Å². The second kappa shape index (κ2) is 4.68. The zero-order valence-electron chi connectivity index (χ0n) is 10.8. The third-order valence-electron chi connectivity index (χ3n) is 2.90. The molecule has 0 N–H and O–H groups in total. The van der Waals surface area contributed by atoms with E-state index in [4.69, 9.17) is 4.74 Å². The van der Waals surface area contributed by atoms with Gasteiger partial charge < -0.3 is 4.74 Å². The van der Waals surface area contributed by atoms with Gasteiger partial charge in [0.05, 0.1) is 36.5 Å². The normalized spacial score (nSPS) is 14.1. The molecule has 0 saturated carbocycles. The van der Waals surface area contributed by atoms with Crippen molar-refractivity contribution in [3.05, 3.63) is 30.6 Å². The lowest BCUT2D eigenvalue weighted by atomic mass is 10.4. The Morgan fingerprint density at radius 3 is 2.79 bits per heavy atom. The Hall–Kier alpha value is -2.44. The summed E-state index contributed by atoms with van der Waals surface area (Å²) in [5.41, 5.74) is 2.66. The predicted molar refractivity (Wildman–Crippen MR) is 70.5 cm³/mol. The second-order valence-electron chi connectivity index (χ2n) is 4.21. The molecule has 0 fully saturated rings. The zero-order valence-corrected chi connectivity index (χ0v) is 10.8. The summed E-state index contributed by atoms with van der Waals surface area (Å²) in [6, 6.07) is 0.631. The number of ether oxygens (including phenoxy) is 1. The maximum atomic E-state index is 5.45. The molecular weight excluding hydrogens is 244 g/mol. The lowest BCUT2D eigenvalue weighted by molar-refractivity contribution is 0.340. The topological polar surface area (TPSA) is 68.4 Å². The first kappa shape index (κ1) is 11.6. The van der Waals surface area contributed by atoms with Crippen molar-refractivity contribution in [2.45, 2.75) is 6.92 Å². The van der Waals surface area contributed by atoms with Gasteiger partial charge in [-0.3, -0.25) is 4.90 Å². The van der Waals surface area contributed by atoms with Gasteiger partial charge in [0.25, 0.3) is 6.02 Å². The van der Waals surface area contributed by atoms with E-state index in [0.717, 1.165) is 17.1 Å². The van der Waals surface area contributed by atoms with Crippen LogP contribution in [0, 0.1) is 6.92 Å². The molecule has 1 aliphatic rings. The Kier molecular flexibility index (Phi) is 2.86. The standard InChI is InChI=1S/C12H14N6O/c1-9-11(17(2)12-15-3-4-19-12)7-18(16-9)10-5-13-8-14-6-10/h5-8H,3-4H2,1-2H3. The Labute approximate surface area is 110 Å². The van der Waals surface area contributed by atoms with Crippen LogP contribution in [0.2, 0.25) is 0 Å². The van der Waals surface area contributed by atoms with Crippen LogP contribution in [0.5, 0.6) is 0 Å². The quantitative estimate of drug-likeness (QED) is 0.796. The fraction of sp³-hybridized carbons (Fsp3) is 0.333. The van der Waals surface area contributed by atoms with Gasteiger partial charge in [0.15, 0.2) is 0 Å². The monoisotopic (exact) mass is 258 g/mol. The number of amidine groups is 1. The average Bonchev–Trinajstić information content (AvgIpc) is 3.08. The van der Waals surface area contributed by atoms with Crippen molar-refractivity contribution in [1.29, 1.82) is 0 Å². The molecule has 0 aromatic carbocycles. The molecule has 0 spiro atoms. The smallest absolute Gasteiger partial charge is 0.291 e. The molecule has 19 heavy (non-hydrogen) atoms. The molecule has 2 aromatic rings. The number of aliphatic imine (C=N–C) groups is 1. The van der Waals surface area contributed by atoms with E-state index in [0.29, 0.717) is 19.2 Å². The van der Waals surface area contributed by atoms with E-state index < -0.39 is 0 Å². The van der Waals surface area contributed by atoms with E-state index in [1.807, 2.05) is 25.1 Å². The minimum atomic E-state index is 0.631. The van der Waals surface area contributed by atoms with E-state index in [-0.39, 0.29) is 0 Å². The Morgan fingerprint density at radius 1 is 1.32 bits per heavy atom. The highest BCUT2D eigenvalue weighted by atomic mass is 16.5. The number of nitrogens with zero attached hydrogens (tertiary/aromatic N) is 6. The fourth-order valence-electron chi connectivity index (χ4n) is 1.95. The van der Waals surface area contributed by atoms with Crippen LogP contribution in [0.4, 0.5) is 5.69 Å². The molecule has 0 amide bonds. The van der Waals surface area contributed by atoms with E-state index in [9.17, 15) is 0 Å². The highest BCUT2D eigenvalue weighted by molar-refractivity contribution is 5.92.